The Labute approximate surface area is 184 Å². The summed E-state index contributed by atoms with van der Waals surface area (Å²) in [5.41, 5.74) is 2.60. The van der Waals surface area contributed by atoms with Gasteiger partial charge in [-0.05, 0) is 36.1 Å². The van der Waals surface area contributed by atoms with Gasteiger partial charge < -0.3 is 14.7 Å². The highest BCUT2D eigenvalue weighted by atomic mass is 16.5. The summed E-state index contributed by atoms with van der Waals surface area (Å²) >= 11 is 0. The zero-order valence-electron chi connectivity index (χ0n) is 18.3. The lowest BCUT2D eigenvalue weighted by Gasteiger charge is -2.30. The van der Waals surface area contributed by atoms with Gasteiger partial charge in [0.05, 0.1) is 6.04 Å². The molecule has 0 bridgehead atoms. The molecule has 1 amide bonds. The van der Waals surface area contributed by atoms with Crippen molar-refractivity contribution in [2.75, 3.05) is 32.8 Å². The maximum absolute atomic E-state index is 12.6. The van der Waals surface area contributed by atoms with Gasteiger partial charge in [-0.25, -0.2) is 0 Å². The number of amides is 1. The summed E-state index contributed by atoms with van der Waals surface area (Å²) in [6, 6.07) is 18.8. The Balaban J connectivity index is 0.000000858. The highest BCUT2D eigenvalue weighted by Crippen LogP contribution is 2.45. The van der Waals surface area contributed by atoms with E-state index in [1.165, 1.54) is 11.1 Å². The molecule has 2 aliphatic heterocycles. The molecule has 2 saturated heterocycles. The molecule has 31 heavy (non-hydrogen) atoms. The number of carbonyl (C=O) groups excluding carboxylic acids is 1. The summed E-state index contributed by atoms with van der Waals surface area (Å²) < 4.78 is 5.89. The molecule has 2 aromatic rings. The SMILES string of the molecule is CCC(=O)N1C[C@@H]2CN(CCOc3ccccc3)C[C@@H]2[C@H]1c1ccccc1C.O=CO. The maximum Gasteiger partial charge on any atom is 0.290 e. The molecule has 2 fully saturated rings. The van der Waals surface area contributed by atoms with Gasteiger partial charge in [0.15, 0.2) is 0 Å². The molecule has 6 heteroatoms. The van der Waals surface area contributed by atoms with Crippen LogP contribution in [0, 0.1) is 18.8 Å². The number of nitrogens with zero attached hydrogens (tertiary/aromatic N) is 2. The van der Waals surface area contributed by atoms with Gasteiger partial charge in [-0.2, -0.15) is 0 Å². The van der Waals surface area contributed by atoms with E-state index in [-0.39, 0.29) is 18.4 Å². The van der Waals surface area contributed by atoms with Crippen LogP contribution in [0.3, 0.4) is 0 Å². The Hall–Kier alpha value is -2.86. The number of carboxylic acid groups (broad SMARTS) is 1. The number of rotatable bonds is 6. The molecule has 166 valence electrons. The van der Waals surface area contributed by atoms with E-state index in [1.54, 1.807) is 0 Å². The van der Waals surface area contributed by atoms with Crippen LogP contribution in [-0.2, 0) is 9.59 Å². The third kappa shape index (κ3) is 5.44. The number of fused-ring (bicyclic) bond motifs is 1. The normalized spacial score (nSPS) is 22.4. The Morgan fingerprint density at radius 1 is 1.10 bits per heavy atom. The summed E-state index contributed by atoms with van der Waals surface area (Å²) in [7, 11) is 0. The Morgan fingerprint density at radius 3 is 2.45 bits per heavy atom. The number of para-hydroxylation sites is 1. The van der Waals surface area contributed by atoms with Gasteiger partial charge in [0.25, 0.3) is 6.47 Å². The van der Waals surface area contributed by atoms with E-state index >= 15 is 0 Å². The average molecular weight is 425 g/mol. The van der Waals surface area contributed by atoms with Crippen molar-refractivity contribution in [3.05, 3.63) is 65.7 Å². The van der Waals surface area contributed by atoms with E-state index in [2.05, 4.69) is 41.0 Å². The first kappa shape index (κ1) is 22.8. The van der Waals surface area contributed by atoms with Crippen LogP contribution in [0.4, 0.5) is 0 Å². The van der Waals surface area contributed by atoms with Crippen LogP contribution in [0.1, 0.15) is 30.5 Å². The van der Waals surface area contributed by atoms with E-state index in [4.69, 9.17) is 14.6 Å². The first-order valence-electron chi connectivity index (χ1n) is 10.9. The molecule has 3 atom stereocenters. The van der Waals surface area contributed by atoms with Crippen molar-refractivity contribution in [1.82, 2.24) is 9.80 Å². The molecule has 0 spiro atoms. The topological polar surface area (TPSA) is 70.1 Å². The molecular formula is C25H32N2O4. The Bertz CT molecular complexity index is 858. The van der Waals surface area contributed by atoms with Crippen LogP contribution < -0.4 is 4.74 Å². The number of benzene rings is 2. The molecule has 4 rings (SSSR count). The van der Waals surface area contributed by atoms with E-state index in [0.717, 1.165) is 31.9 Å². The quantitative estimate of drug-likeness (QED) is 0.718. The second-order valence-corrected chi connectivity index (χ2v) is 8.15. The minimum Gasteiger partial charge on any atom is -0.492 e. The molecule has 1 N–H and O–H groups in total. The molecule has 0 aliphatic carbocycles. The van der Waals surface area contributed by atoms with Crippen molar-refractivity contribution in [3.8, 4) is 5.75 Å². The lowest BCUT2D eigenvalue weighted by Crippen LogP contribution is -2.36. The number of carbonyl (C=O) groups is 2. The van der Waals surface area contributed by atoms with Crippen molar-refractivity contribution in [3.63, 3.8) is 0 Å². The summed E-state index contributed by atoms with van der Waals surface area (Å²) in [4.78, 5) is 25.7. The number of hydrogen-bond donors (Lipinski definition) is 1. The number of aryl methyl sites for hydroxylation is 1. The van der Waals surface area contributed by atoms with Gasteiger partial charge in [0.1, 0.15) is 12.4 Å². The zero-order chi connectivity index (χ0) is 22.2. The van der Waals surface area contributed by atoms with Gasteiger partial charge in [-0.3, -0.25) is 14.5 Å². The third-order valence-electron chi connectivity index (χ3n) is 6.29. The number of hydrogen-bond acceptors (Lipinski definition) is 4. The van der Waals surface area contributed by atoms with Gasteiger partial charge in [0.2, 0.25) is 5.91 Å². The van der Waals surface area contributed by atoms with Crippen LogP contribution in [0.5, 0.6) is 5.75 Å². The Kier molecular flexibility index (Phi) is 8.06. The highest BCUT2D eigenvalue weighted by molar-refractivity contribution is 5.77. The smallest absolute Gasteiger partial charge is 0.290 e. The molecule has 0 saturated carbocycles. The molecule has 2 aliphatic rings. The van der Waals surface area contributed by atoms with E-state index in [0.29, 0.717) is 24.9 Å². The lowest BCUT2D eigenvalue weighted by molar-refractivity contribution is -0.132. The second kappa shape index (κ2) is 11.0. The molecule has 0 aromatic heterocycles. The summed E-state index contributed by atoms with van der Waals surface area (Å²) in [6.45, 7) is 8.50. The van der Waals surface area contributed by atoms with E-state index in [9.17, 15) is 4.79 Å². The van der Waals surface area contributed by atoms with Crippen molar-refractivity contribution >= 4 is 12.4 Å². The monoisotopic (exact) mass is 424 g/mol. The highest BCUT2D eigenvalue weighted by Gasteiger charge is 2.48. The van der Waals surface area contributed by atoms with Gasteiger partial charge in [-0.15, -0.1) is 0 Å². The predicted octanol–water partition coefficient (Wildman–Crippen LogP) is 3.62. The first-order valence-corrected chi connectivity index (χ1v) is 10.9. The van der Waals surface area contributed by atoms with Crippen molar-refractivity contribution < 1.29 is 19.4 Å². The average Bonchev–Trinajstić information content (AvgIpc) is 3.32. The first-order chi connectivity index (χ1) is 15.1. The zero-order valence-corrected chi connectivity index (χ0v) is 18.3. The summed E-state index contributed by atoms with van der Waals surface area (Å²) in [6.07, 6.45) is 0.580. The van der Waals surface area contributed by atoms with Crippen LogP contribution in [0.25, 0.3) is 0 Å². The fourth-order valence-corrected chi connectivity index (χ4v) is 4.91. The summed E-state index contributed by atoms with van der Waals surface area (Å²) in [5, 5.41) is 6.89. The van der Waals surface area contributed by atoms with Crippen molar-refractivity contribution in [1.29, 1.82) is 0 Å². The van der Waals surface area contributed by atoms with Crippen LogP contribution in [-0.4, -0.2) is 60.1 Å². The predicted molar refractivity (Wildman–Crippen MR) is 120 cm³/mol. The van der Waals surface area contributed by atoms with Gasteiger partial charge >= 0.3 is 0 Å². The Morgan fingerprint density at radius 2 is 1.77 bits per heavy atom. The molecular weight excluding hydrogens is 392 g/mol. The maximum atomic E-state index is 12.6. The standard InChI is InChI=1S/C24H30N2O2.CH2O2/c1-3-23(27)26-16-19-15-25(13-14-28-20-10-5-4-6-11-20)17-22(19)24(26)21-12-8-7-9-18(21)2;2-1-3/h4-12,19,22,24H,3,13-17H2,1-2H3;1H,(H,2,3)/t19-,22-,24+;/m0./s1. The molecule has 6 nitrogen and oxygen atoms in total. The second-order valence-electron chi connectivity index (χ2n) is 8.15. The molecule has 2 heterocycles. The number of likely N-dealkylation sites (tertiary alicyclic amines) is 2. The molecule has 0 radical (unpaired) electrons. The molecule has 0 unspecified atom stereocenters. The van der Waals surface area contributed by atoms with Crippen LogP contribution in [0.15, 0.2) is 54.6 Å². The summed E-state index contributed by atoms with van der Waals surface area (Å²) in [5.74, 6) is 2.27. The minimum absolute atomic E-state index is 0.207. The molecule has 2 aromatic carbocycles. The fraction of sp³-hybridized carbons (Fsp3) is 0.440. The third-order valence-corrected chi connectivity index (χ3v) is 6.29. The lowest BCUT2D eigenvalue weighted by atomic mass is 9.87. The van der Waals surface area contributed by atoms with E-state index in [1.807, 2.05) is 37.3 Å². The van der Waals surface area contributed by atoms with Crippen LogP contribution in [0.2, 0.25) is 0 Å². The number of ether oxygens (including phenoxy) is 1. The minimum atomic E-state index is -0.250. The fourth-order valence-electron chi connectivity index (χ4n) is 4.91. The van der Waals surface area contributed by atoms with Gasteiger partial charge in [0, 0.05) is 38.5 Å². The van der Waals surface area contributed by atoms with Gasteiger partial charge in [-0.1, -0.05) is 49.4 Å². The van der Waals surface area contributed by atoms with Crippen molar-refractivity contribution in [2.24, 2.45) is 11.8 Å². The van der Waals surface area contributed by atoms with Crippen LogP contribution >= 0.6 is 0 Å². The van der Waals surface area contributed by atoms with Crippen molar-refractivity contribution in [2.45, 2.75) is 26.3 Å². The largest absolute Gasteiger partial charge is 0.492 e. The van der Waals surface area contributed by atoms with E-state index < -0.39 is 0 Å².